The van der Waals surface area contributed by atoms with E-state index in [4.69, 9.17) is 15.2 Å². The second-order valence-electron chi connectivity index (χ2n) is 2.50. The number of ether oxygens (including phenoxy) is 2. The van der Waals surface area contributed by atoms with Crippen LogP contribution in [0.1, 0.15) is 0 Å². The third-order valence-corrected chi connectivity index (χ3v) is 1.78. The van der Waals surface area contributed by atoms with Gasteiger partial charge >= 0.3 is 0 Å². The van der Waals surface area contributed by atoms with Crippen LogP contribution in [-0.4, -0.2) is 48.5 Å². The third-order valence-electron chi connectivity index (χ3n) is 1.78. The van der Waals surface area contributed by atoms with Gasteiger partial charge in [-0.3, -0.25) is 0 Å². The van der Waals surface area contributed by atoms with Crippen molar-refractivity contribution in [2.24, 2.45) is 5.73 Å². The van der Waals surface area contributed by atoms with Crippen LogP contribution in [0, 0.1) is 0 Å². The molecular weight excluding hydrogens is 150 g/mol. The van der Waals surface area contributed by atoms with Gasteiger partial charge in [0, 0.05) is 13.7 Å². The first kappa shape index (κ1) is 8.89. The number of methoxy groups -OCH3 is 1. The Morgan fingerprint density at radius 2 is 2.09 bits per heavy atom. The Morgan fingerprint density at radius 3 is 2.36 bits per heavy atom. The quantitative estimate of drug-likeness (QED) is 0.440. The van der Waals surface area contributed by atoms with Crippen molar-refractivity contribution in [1.29, 1.82) is 0 Å². The number of nitrogens with two attached hydrogens (primary N) is 1. The number of aliphatic hydroxyl groups excluding tert-OH is 2. The van der Waals surface area contributed by atoms with E-state index in [0.29, 0.717) is 0 Å². The summed E-state index contributed by atoms with van der Waals surface area (Å²) in [5.41, 5.74) is 5.25. The zero-order chi connectivity index (χ0) is 8.43. The van der Waals surface area contributed by atoms with Crippen LogP contribution in [0.25, 0.3) is 0 Å². The second kappa shape index (κ2) is 3.46. The summed E-state index contributed by atoms with van der Waals surface area (Å²) >= 11 is 0. The van der Waals surface area contributed by atoms with Gasteiger partial charge in [0.15, 0.2) is 6.29 Å². The fourth-order valence-electron chi connectivity index (χ4n) is 1.10. The van der Waals surface area contributed by atoms with Crippen molar-refractivity contribution in [3.8, 4) is 0 Å². The zero-order valence-electron chi connectivity index (χ0n) is 6.30. The minimum absolute atomic E-state index is 0.179. The Kier molecular flexibility index (Phi) is 2.80. The molecule has 5 heteroatoms. The standard InChI is InChI=1S/C6H13NO4/c1-10-6-5(9)4(8)3(2-7)11-6/h3-6,8-9H,2,7H2,1H3/t3?,4-,5-,6?/m1/s1. The smallest absolute Gasteiger partial charge is 0.186 e. The van der Waals surface area contributed by atoms with E-state index in [0.717, 1.165) is 0 Å². The van der Waals surface area contributed by atoms with Crippen molar-refractivity contribution in [2.45, 2.75) is 24.6 Å². The van der Waals surface area contributed by atoms with Gasteiger partial charge in [-0.15, -0.1) is 0 Å². The Morgan fingerprint density at radius 1 is 1.45 bits per heavy atom. The maximum Gasteiger partial charge on any atom is 0.186 e. The van der Waals surface area contributed by atoms with E-state index in [1.165, 1.54) is 7.11 Å². The Labute approximate surface area is 64.7 Å². The Hall–Kier alpha value is -0.200. The Bertz CT molecular complexity index is 114. The van der Waals surface area contributed by atoms with Crippen LogP contribution in [0.5, 0.6) is 0 Å². The normalized spacial score (nSPS) is 44.7. The van der Waals surface area contributed by atoms with Crippen molar-refractivity contribution in [2.75, 3.05) is 13.7 Å². The molecule has 1 heterocycles. The number of hydrogen-bond acceptors (Lipinski definition) is 5. The lowest BCUT2D eigenvalue weighted by atomic mass is 10.1. The molecule has 1 rings (SSSR count). The molecule has 66 valence electrons. The average molecular weight is 163 g/mol. The predicted octanol–water partition coefficient (Wildman–Crippen LogP) is -1.96. The molecule has 4 N–H and O–H groups in total. The molecule has 0 aromatic heterocycles. The van der Waals surface area contributed by atoms with E-state index < -0.39 is 24.6 Å². The molecule has 1 fully saturated rings. The number of aliphatic hydroxyl groups is 2. The van der Waals surface area contributed by atoms with Gasteiger partial charge in [0.05, 0.1) is 0 Å². The van der Waals surface area contributed by atoms with Crippen LogP contribution in [-0.2, 0) is 9.47 Å². The molecule has 0 aromatic rings. The Balaban J connectivity index is 2.53. The first-order valence-corrected chi connectivity index (χ1v) is 3.45. The van der Waals surface area contributed by atoms with Gasteiger partial charge in [-0.2, -0.15) is 0 Å². The molecule has 0 amide bonds. The molecule has 0 bridgehead atoms. The van der Waals surface area contributed by atoms with E-state index in [-0.39, 0.29) is 6.54 Å². The monoisotopic (exact) mass is 163 g/mol. The number of hydrogen-bond donors (Lipinski definition) is 3. The topological polar surface area (TPSA) is 84.9 Å². The largest absolute Gasteiger partial charge is 0.387 e. The van der Waals surface area contributed by atoms with Crippen LogP contribution < -0.4 is 5.73 Å². The van der Waals surface area contributed by atoms with Crippen LogP contribution in [0.3, 0.4) is 0 Å². The lowest BCUT2D eigenvalue weighted by molar-refractivity contribution is -0.147. The highest BCUT2D eigenvalue weighted by molar-refractivity contribution is 4.86. The summed E-state index contributed by atoms with van der Waals surface area (Å²) in [6.45, 7) is 0.179. The summed E-state index contributed by atoms with van der Waals surface area (Å²) in [5.74, 6) is 0. The molecule has 0 saturated carbocycles. The summed E-state index contributed by atoms with van der Waals surface area (Å²) in [6.07, 6.45) is -3.20. The molecule has 1 aliphatic rings. The van der Waals surface area contributed by atoms with Crippen molar-refractivity contribution < 1.29 is 19.7 Å². The highest BCUT2D eigenvalue weighted by Gasteiger charge is 2.41. The van der Waals surface area contributed by atoms with Gasteiger partial charge in [-0.05, 0) is 0 Å². The first-order valence-electron chi connectivity index (χ1n) is 3.45. The minimum Gasteiger partial charge on any atom is -0.387 e. The van der Waals surface area contributed by atoms with Gasteiger partial charge in [0.2, 0.25) is 0 Å². The van der Waals surface area contributed by atoms with Gasteiger partial charge < -0.3 is 25.4 Å². The highest BCUT2D eigenvalue weighted by atomic mass is 16.7. The van der Waals surface area contributed by atoms with Crippen molar-refractivity contribution in [1.82, 2.24) is 0 Å². The van der Waals surface area contributed by atoms with Crippen LogP contribution in [0.2, 0.25) is 0 Å². The van der Waals surface area contributed by atoms with Crippen molar-refractivity contribution in [3.63, 3.8) is 0 Å². The fraction of sp³-hybridized carbons (Fsp3) is 1.00. The number of rotatable bonds is 2. The average Bonchev–Trinajstić information content (AvgIpc) is 2.30. The fourth-order valence-corrected chi connectivity index (χ4v) is 1.10. The summed E-state index contributed by atoms with van der Waals surface area (Å²) < 4.78 is 9.78. The SMILES string of the molecule is COC1OC(CN)[C@@H](O)[C@H]1O. The molecule has 5 nitrogen and oxygen atoms in total. The van der Waals surface area contributed by atoms with Crippen LogP contribution in [0.15, 0.2) is 0 Å². The molecule has 0 aliphatic carbocycles. The van der Waals surface area contributed by atoms with Crippen molar-refractivity contribution >= 4 is 0 Å². The molecule has 0 aromatic carbocycles. The van der Waals surface area contributed by atoms with Crippen molar-refractivity contribution in [3.05, 3.63) is 0 Å². The van der Waals surface area contributed by atoms with Gasteiger partial charge in [-0.25, -0.2) is 0 Å². The highest BCUT2D eigenvalue weighted by Crippen LogP contribution is 2.20. The van der Waals surface area contributed by atoms with Gasteiger partial charge in [0.25, 0.3) is 0 Å². The summed E-state index contributed by atoms with van der Waals surface area (Å²) in [5, 5.41) is 18.4. The van der Waals surface area contributed by atoms with E-state index in [2.05, 4.69) is 0 Å². The van der Waals surface area contributed by atoms with Crippen LogP contribution >= 0.6 is 0 Å². The maximum atomic E-state index is 9.22. The molecule has 1 aliphatic heterocycles. The lowest BCUT2D eigenvalue weighted by Crippen LogP contribution is -2.36. The maximum absolute atomic E-state index is 9.22. The molecule has 11 heavy (non-hydrogen) atoms. The summed E-state index contributed by atoms with van der Waals surface area (Å²) in [6, 6.07) is 0. The molecular formula is C6H13NO4. The lowest BCUT2D eigenvalue weighted by Gasteiger charge is -2.11. The minimum atomic E-state index is -0.992. The van der Waals surface area contributed by atoms with Gasteiger partial charge in [0.1, 0.15) is 18.3 Å². The van der Waals surface area contributed by atoms with Crippen LogP contribution in [0.4, 0.5) is 0 Å². The van der Waals surface area contributed by atoms with Gasteiger partial charge in [-0.1, -0.05) is 0 Å². The predicted molar refractivity (Wildman–Crippen MR) is 36.7 cm³/mol. The molecule has 1 saturated heterocycles. The van der Waals surface area contributed by atoms with E-state index in [1.54, 1.807) is 0 Å². The summed E-state index contributed by atoms with van der Waals surface area (Å²) in [4.78, 5) is 0. The molecule has 0 spiro atoms. The summed E-state index contributed by atoms with van der Waals surface area (Å²) in [7, 11) is 1.40. The second-order valence-corrected chi connectivity index (χ2v) is 2.50. The molecule has 0 radical (unpaired) electrons. The zero-order valence-corrected chi connectivity index (χ0v) is 6.30. The van der Waals surface area contributed by atoms with E-state index >= 15 is 0 Å². The third kappa shape index (κ3) is 1.52. The van der Waals surface area contributed by atoms with E-state index in [1.807, 2.05) is 0 Å². The van der Waals surface area contributed by atoms with E-state index in [9.17, 15) is 10.2 Å². The molecule has 2 unspecified atom stereocenters. The first-order chi connectivity index (χ1) is 5.20. The molecule has 4 atom stereocenters.